The minimum Gasteiger partial charge on any atom is -0.393 e. The van der Waals surface area contributed by atoms with Crippen LogP contribution in [0.5, 0.6) is 0 Å². The average molecular weight is 251 g/mol. The molecule has 1 saturated carbocycles. The third-order valence-corrected chi connectivity index (χ3v) is 3.47. The number of aliphatic hydroxyl groups excluding tert-OH is 1. The van der Waals surface area contributed by atoms with Crippen molar-refractivity contribution in [2.75, 3.05) is 0 Å². The minimum absolute atomic E-state index is 0.0882. The number of aryl methyl sites for hydroxylation is 1. The zero-order valence-corrected chi connectivity index (χ0v) is 10.4. The summed E-state index contributed by atoms with van der Waals surface area (Å²) in [6.07, 6.45) is 2.75. The van der Waals surface area contributed by atoms with Crippen molar-refractivity contribution in [3.8, 4) is 0 Å². The molecule has 0 aliphatic heterocycles. The summed E-state index contributed by atoms with van der Waals surface area (Å²) in [6.45, 7) is 1.67. The van der Waals surface area contributed by atoms with Crippen molar-refractivity contribution < 1.29 is 14.3 Å². The molecule has 4 heteroatoms. The maximum absolute atomic E-state index is 13.4. The molecule has 98 valence electrons. The summed E-state index contributed by atoms with van der Waals surface area (Å²) in [5.74, 6) is -0.600. The molecule has 2 N–H and O–H groups in total. The lowest BCUT2D eigenvalue weighted by Crippen LogP contribution is -2.38. The Morgan fingerprint density at radius 3 is 2.61 bits per heavy atom. The lowest BCUT2D eigenvalue weighted by Gasteiger charge is -2.26. The Morgan fingerprint density at radius 1 is 1.33 bits per heavy atom. The van der Waals surface area contributed by atoms with Gasteiger partial charge in [-0.15, -0.1) is 0 Å². The lowest BCUT2D eigenvalue weighted by atomic mass is 9.93. The molecule has 1 aliphatic carbocycles. The standard InChI is InChI=1S/C14H18FNO2/c1-9-2-3-10(8-13(9)15)14(18)16-11-4-6-12(17)7-5-11/h2-3,8,11-12,17H,4-7H2,1H3,(H,16,18). The maximum Gasteiger partial charge on any atom is 0.251 e. The van der Waals surface area contributed by atoms with Gasteiger partial charge in [-0.25, -0.2) is 4.39 Å². The van der Waals surface area contributed by atoms with Gasteiger partial charge in [0, 0.05) is 11.6 Å². The predicted octanol–water partition coefficient (Wildman–Crippen LogP) is 2.17. The zero-order valence-electron chi connectivity index (χ0n) is 10.4. The fourth-order valence-electron chi connectivity index (χ4n) is 2.22. The number of rotatable bonds is 2. The molecular weight excluding hydrogens is 233 g/mol. The molecule has 18 heavy (non-hydrogen) atoms. The van der Waals surface area contributed by atoms with Gasteiger partial charge in [-0.1, -0.05) is 6.07 Å². The second kappa shape index (κ2) is 5.48. The molecule has 2 rings (SSSR count). The quantitative estimate of drug-likeness (QED) is 0.846. The van der Waals surface area contributed by atoms with E-state index in [1.165, 1.54) is 6.07 Å². The molecule has 3 nitrogen and oxygen atoms in total. The number of benzene rings is 1. The van der Waals surface area contributed by atoms with Crippen LogP contribution in [0.3, 0.4) is 0 Å². The maximum atomic E-state index is 13.4. The average Bonchev–Trinajstić information content (AvgIpc) is 2.35. The number of hydrogen-bond acceptors (Lipinski definition) is 2. The van der Waals surface area contributed by atoms with Crippen LogP contribution in [0.25, 0.3) is 0 Å². The minimum atomic E-state index is -0.360. The first-order chi connectivity index (χ1) is 8.56. The first kappa shape index (κ1) is 13.0. The third kappa shape index (κ3) is 3.07. The predicted molar refractivity (Wildman–Crippen MR) is 66.9 cm³/mol. The number of amides is 1. The molecule has 0 atom stereocenters. The Hall–Kier alpha value is -1.42. The summed E-state index contributed by atoms with van der Waals surface area (Å²) in [5.41, 5.74) is 0.886. The van der Waals surface area contributed by atoms with E-state index in [1.807, 2.05) is 0 Å². The highest BCUT2D eigenvalue weighted by Gasteiger charge is 2.21. The smallest absolute Gasteiger partial charge is 0.251 e. The van der Waals surface area contributed by atoms with Gasteiger partial charge in [0.1, 0.15) is 5.82 Å². The molecule has 0 aromatic heterocycles. The van der Waals surface area contributed by atoms with Gasteiger partial charge in [0.25, 0.3) is 5.91 Å². The normalized spacial score (nSPS) is 23.7. The Kier molecular flexibility index (Phi) is 3.97. The van der Waals surface area contributed by atoms with E-state index in [2.05, 4.69) is 5.32 Å². The van der Waals surface area contributed by atoms with Gasteiger partial charge < -0.3 is 10.4 Å². The van der Waals surface area contributed by atoms with E-state index in [9.17, 15) is 14.3 Å². The van der Waals surface area contributed by atoms with Crippen molar-refractivity contribution in [3.63, 3.8) is 0 Å². The molecule has 0 bridgehead atoms. The Labute approximate surface area is 106 Å². The van der Waals surface area contributed by atoms with Gasteiger partial charge in [0.2, 0.25) is 0 Å². The number of aliphatic hydroxyl groups is 1. The van der Waals surface area contributed by atoms with Gasteiger partial charge in [0.05, 0.1) is 6.10 Å². The van der Waals surface area contributed by atoms with Crippen LogP contribution < -0.4 is 5.32 Å². The van der Waals surface area contributed by atoms with Crippen LogP contribution in [0.1, 0.15) is 41.6 Å². The van der Waals surface area contributed by atoms with E-state index in [-0.39, 0.29) is 23.9 Å². The van der Waals surface area contributed by atoms with E-state index in [0.29, 0.717) is 24.0 Å². The van der Waals surface area contributed by atoms with E-state index < -0.39 is 0 Å². The van der Waals surface area contributed by atoms with Crippen LogP contribution in [0.2, 0.25) is 0 Å². The van der Waals surface area contributed by atoms with Crippen molar-refractivity contribution in [2.45, 2.75) is 44.8 Å². The first-order valence-electron chi connectivity index (χ1n) is 6.31. The second-order valence-corrected chi connectivity index (χ2v) is 4.94. The van der Waals surface area contributed by atoms with Crippen LogP contribution in [-0.4, -0.2) is 23.2 Å². The highest BCUT2D eigenvalue weighted by atomic mass is 19.1. The molecule has 0 heterocycles. The van der Waals surface area contributed by atoms with Crippen molar-refractivity contribution in [1.29, 1.82) is 0 Å². The molecule has 0 radical (unpaired) electrons. The van der Waals surface area contributed by atoms with Gasteiger partial charge in [0.15, 0.2) is 0 Å². The summed E-state index contributed by atoms with van der Waals surface area (Å²) in [6, 6.07) is 4.59. The molecule has 0 unspecified atom stereocenters. The number of carbonyl (C=O) groups is 1. The number of carbonyl (C=O) groups excluding carboxylic acids is 1. The molecule has 1 aromatic rings. The Balaban J connectivity index is 1.97. The zero-order chi connectivity index (χ0) is 13.1. The van der Waals surface area contributed by atoms with Gasteiger partial charge in [-0.05, 0) is 50.3 Å². The van der Waals surface area contributed by atoms with Crippen molar-refractivity contribution in [3.05, 3.63) is 35.1 Å². The summed E-state index contributed by atoms with van der Waals surface area (Å²) in [4.78, 5) is 11.9. The van der Waals surface area contributed by atoms with Gasteiger partial charge in [-0.2, -0.15) is 0 Å². The Bertz CT molecular complexity index is 439. The molecular formula is C14H18FNO2. The summed E-state index contributed by atoms with van der Waals surface area (Å²) >= 11 is 0. The van der Waals surface area contributed by atoms with Gasteiger partial charge >= 0.3 is 0 Å². The number of hydrogen-bond donors (Lipinski definition) is 2. The molecule has 1 amide bonds. The number of halogens is 1. The van der Waals surface area contributed by atoms with Crippen LogP contribution in [0.15, 0.2) is 18.2 Å². The third-order valence-electron chi connectivity index (χ3n) is 3.47. The lowest BCUT2D eigenvalue weighted by molar-refractivity contribution is 0.0867. The van der Waals surface area contributed by atoms with Crippen molar-refractivity contribution in [2.24, 2.45) is 0 Å². The van der Waals surface area contributed by atoms with E-state index in [4.69, 9.17) is 0 Å². The van der Waals surface area contributed by atoms with Crippen LogP contribution in [0.4, 0.5) is 4.39 Å². The highest BCUT2D eigenvalue weighted by Crippen LogP contribution is 2.19. The fourth-order valence-corrected chi connectivity index (χ4v) is 2.22. The summed E-state index contributed by atoms with van der Waals surface area (Å²) in [5, 5.41) is 12.3. The largest absolute Gasteiger partial charge is 0.393 e. The SMILES string of the molecule is Cc1ccc(C(=O)NC2CCC(O)CC2)cc1F. The molecule has 0 saturated heterocycles. The summed E-state index contributed by atoms with van der Waals surface area (Å²) < 4.78 is 13.4. The van der Waals surface area contributed by atoms with E-state index in [0.717, 1.165) is 12.8 Å². The van der Waals surface area contributed by atoms with Crippen molar-refractivity contribution >= 4 is 5.91 Å². The second-order valence-electron chi connectivity index (χ2n) is 4.94. The van der Waals surface area contributed by atoms with E-state index >= 15 is 0 Å². The van der Waals surface area contributed by atoms with Gasteiger partial charge in [-0.3, -0.25) is 4.79 Å². The van der Waals surface area contributed by atoms with Crippen LogP contribution >= 0.6 is 0 Å². The van der Waals surface area contributed by atoms with Crippen molar-refractivity contribution in [1.82, 2.24) is 5.32 Å². The fraction of sp³-hybridized carbons (Fsp3) is 0.500. The molecule has 0 spiro atoms. The molecule has 1 aromatic carbocycles. The van der Waals surface area contributed by atoms with Crippen LogP contribution in [-0.2, 0) is 0 Å². The number of nitrogens with one attached hydrogen (secondary N) is 1. The molecule has 1 aliphatic rings. The molecule has 1 fully saturated rings. The Morgan fingerprint density at radius 2 is 2.00 bits per heavy atom. The monoisotopic (exact) mass is 251 g/mol. The van der Waals surface area contributed by atoms with Crippen LogP contribution in [0, 0.1) is 12.7 Å². The first-order valence-corrected chi connectivity index (χ1v) is 6.31. The summed E-state index contributed by atoms with van der Waals surface area (Å²) in [7, 11) is 0. The highest BCUT2D eigenvalue weighted by molar-refractivity contribution is 5.94. The topological polar surface area (TPSA) is 49.3 Å². The van der Waals surface area contributed by atoms with E-state index in [1.54, 1.807) is 19.1 Å².